The Morgan fingerprint density at radius 2 is 2.00 bits per heavy atom. The predicted octanol–water partition coefficient (Wildman–Crippen LogP) is 3.15. The van der Waals surface area contributed by atoms with Gasteiger partial charge in [0.25, 0.3) is 0 Å². The molecule has 0 spiro atoms. The molecule has 0 aliphatic carbocycles. The van der Waals surface area contributed by atoms with Crippen molar-refractivity contribution in [1.82, 2.24) is 0 Å². The fourth-order valence-electron chi connectivity index (χ4n) is 1.68. The molecule has 1 aromatic carbocycles. The monoisotopic (exact) mass is 236 g/mol. The van der Waals surface area contributed by atoms with Gasteiger partial charge in [0, 0.05) is 0 Å². The predicted molar refractivity (Wildman–Crippen MR) is 67.6 cm³/mol. The van der Waals surface area contributed by atoms with Crippen LogP contribution < -0.4 is 4.74 Å². The lowest BCUT2D eigenvalue weighted by molar-refractivity contribution is -0.137. The summed E-state index contributed by atoms with van der Waals surface area (Å²) < 4.78 is 5.62. The molecule has 0 atom stereocenters. The molecule has 0 unspecified atom stereocenters. The zero-order valence-electron chi connectivity index (χ0n) is 10.9. The van der Waals surface area contributed by atoms with E-state index in [2.05, 4.69) is 20.8 Å². The first-order chi connectivity index (χ1) is 7.82. The quantitative estimate of drug-likeness (QED) is 0.873. The summed E-state index contributed by atoms with van der Waals surface area (Å²) in [5.74, 6) is -0.0165. The van der Waals surface area contributed by atoms with Gasteiger partial charge in [-0.25, -0.2) is 0 Å². The third-order valence-electron chi connectivity index (χ3n) is 2.58. The van der Waals surface area contributed by atoms with Gasteiger partial charge in [-0.05, 0) is 23.5 Å². The second-order valence-electron chi connectivity index (χ2n) is 5.19. The maximum Gasteiger partial charge on any atom is 0.306 e. The van der Waals surface area contributed by atoms with Gasteiger partial charge < -0.3 is 9.84 Å². The zero-order valence-corrected chi connectivity index (χ0v) is 10.9. The molecule has 0 bridgehead atoms. The van der Waals surface area contributed by atoms with Crippen LogP contribution in [0.15, 0.2) is 18.2 Å². The molecule has 1 rings (SSSR count). The second kappa shape index (κ2) is 5.21. The van der Waals surface area contributed by atoms with Gasteiger partial charge in [-0.15, -0.1) is 0 Å². The largest absolute Gasteiger partial charge is 0.492 e. The molecule has 3 heteroatoms. The van der Waals surface area contributed by atoms with E-state index in [4.69, 9.17) is 9.84 Å². The molecule has 1 N–H and O–H groups in total. The van der Waals surface area contributed by atoms with Crippen LogP contribution in [-0.2, 0) is 10.2 Å². The van der Waals surface area contributed by atoms with Crippen molar-refractivity contribution in [2.45, 2.75) is 39.5 Å². The highest BCUT2D eigenvalue weighted by Crippen LogP contribution is 2.33. The minimum atomic E-state index is -0.837. The smallest absolute Gasteiger partial charge is 0.306 e. The average molecular weight is 236 g/mol. The molecule has 0 saturated heterocycles. The van der Waals surface area contributed by atoms with E-state index in [9.17, 15) is 4.79 Å². The number of hydrogen-bond donors (Lipinski definition) is 1. The number of ether oxygens (including phenoxy) is 1. The first kappa shape index (κ1) is 13.6. The summed E-state index contributed by atoms with van der Waals surface area (Å²) in [6.45, 7) is 8.54. The maximum absolute atomic E-state index is 10.5. The first-order valence-electron chi connectivity index (χ1n) is 5.77. The van der Waals surface area contributed by atoms with Crippen molar-refractivity contribution in [3.63, 3.8) is 0 Å². The summed E-state index contributed by atoms with van der Waals surface area (Å²) in [4.78, 5) is 10.5. The third-order valence-corrected chi connectivity index (χ3v) is 2.58. The van der Waals surface area contributed by atoms with E-state index < -0.39 is 5.97 Å². The van der Waals surface area contributed by atoms with Crippen LogP contribution in [0.25, 0.3) is 0 Å². The van der Waals surface area contributed by atoms with Gasteiger partial charge >= 0.3 is 5.97 Å². The molecule has 0 heterocycles. The standard InChI is InChI=1S/C14H20O3/c1-10-6-5-7-11(14(2,3)4)13(10)17-9-8-12(15)16/h5-7H,8-9H2,1-4H3,(H,15,16). The topological polar surface area (TPSA) is 46.5 Å². The molecule has 0 aliphatic rings. The van der Waals surface area contributed by atoms with E-state index in [1.807, 2.05) is 25.1 Å². The van der Waals surface area contributed by atoms with Crippen LogP contribution in [0.1, 0.15) is 38.3 Å². The van der Waals surface area contributed by atoms with Crippen LogP contribution >= 0.6 is 0 Å². The van der Waals surface area contributed by atoms with Crippen LogP contribution in [0.3, 0.4) is 0 Å². The van der Waals surface area contributed by atoms with Crippen molar-refractivity contribution < 1.29 is 14.6 Å². The number of carboxylic acids is 1. The van der Waals surface area contributed by atoms with Gasteiger partial charge in [0.15, 0.2) is 0 Å². The molecule has 0 fully saturated rings. The summed E-state index contributed by atoms with van der Waals surface area (Å²) >= 11 is 0. The van der Waals surface area contributed by atoms with Gasteiger partial charge in [-0.3, -0.25) is 4.79 Å². The molecular formula is C14H20O3. The highest BCUT2D eigenvalue weighted by molar-refractivity contribution is 5.66. The number of carboxylic acid groups (broad SMARTS) is 1. The van der Waals surface area contributed by atoms with Gasteiger partial charge in [-0.1, -0.05) is 39.0 Å². The Balaban J connectivity index is 2.92. The summed E-state index contributed by atoms with van der Waals surface area (Å²) in [7, 11) is 0. The van der Waals surface area contributed by atoms with Crippen molar-refractivity contribution >= 4 is 5.97 Å². The van der Waals surface area contributed by atoms with Gasteiger partial charge in [0.1, 0.15) is 5.75 Å². The molecule has 0 radical (unpaired) electrons. The van der Waals surface area contributed by atoms with E-state index >= 15 is 0 Å². The highest BCUT2D eigenvalue weighted by Gasteiger charge is 2.20. The summed E-state index contributed by atoms with van der Waals surface area (Å²) in [5.41, 5.74) is 2.15. The van der Waals surface area contributed by atoms with Crippen molar-refractivity contribution in [1.29, 1.82) is 0 Å². The number of rotatable bonds is 4. The van der Waals surface area contributed by atoms with E-state index in [0.29, 0.717) is 0 Å². The van der Waals surface area contributed by atoms with Crippen LogP contribution in [0.4, 0.5) is 0 Å². The Morgan fingerprint density at radius 1 is 1.35 bits per heavy atom. The molecule has 0 aromatic heterocycles. The van der Waals surface area contributed by atoms with Crippen molar-refractivity contribution in [2.75, 3.05) is 6.61 Å². The van der Waals surface area contributed by atoms with Crippen LogP contribution in [0.5, 0.6) is 5.75 Å². The Hall–Kier alpha value is -1.51. The number of aryl methyl sites for hydroxylation is 1. The molecular weight excluding hydrogens is 216 g/mol. The summed E-state index contributed by atoms with van der Waals surface area (Å²) in [5, 5.41) is 8.61. The first-order valence-corrected chi connectivity index (χ1v) is 5.77. The Morgan fingerprint density at radius 3 is 2.53 bits per heavy atom. The fourth-order valence-corrected chi connectivity index (χ4v) is 1.68. The fraction of sp³-hybridized carbons (Fsp3) is 0.500. The van der Waals surface area contributed by atoms with Gasteiger partial charge in [0.05, 0.1) is 13.0 Å². The van der Waals surface area contributed by atoms with E-state index in [-0.39, 0.29) is 18.4 Å². The Kier molecular flexibility index (Phi) is 4.16. The Bertz CT molecular complexity index is 402. The summed E-state index contributed by atoms with van der Waals surface area (Å²) in [6, 6.07) is 6.01. The lowest BCUT2D eigenvalue weighted by atomic mass is 9.85. The third kappa shape index (κ3) is 3.77. The number of aliphatic carboxylic acids is 1. The normalized spacial score (nSPS) is 11.3. The number of para-hydroxylation sites is 1. The summed E-state index contributed by atoms with van der Waals surface area (Å²) in [6.07, 6.45) is 0.0257. The molecule has 0 aliphatic heterocycles. The minimum Gasteiger partial charge on any atom is -0.492 e. The van der Waals surface area contributed by atoms with Gasteiger partial charge in [0.2, 0.25) is 0 Å². The molecule has 0 amide bonds. The number of hydrogen-bond acceptors (Lipinski definition) is 2. The van der Waals surface area contributed by atoms with Crippen molar-refractivity contribution in [3.05, 3.63) is 29.3 Å². The van der Waals surface area contributed by atoms with Crippen LogP contribution in [-0.4, -0.2) is 17.7 Å². The number of benzene rings is 1. The SMILES string of the molecule is Cc1cccc(C(C)(C)C)c1OCCC(=O)O. The van der Waals surface area contributed by atoms with Crippen molar-refractivity contribution in [3.8, 4) is 5.75 Å². The molecule has 1 aromatic rings. The molecule has 0 saturated carbocycles. The molecule has 3 nitrogen and oxygen atoms in total. The van der Waals surface area contributed by atoms with Crippen LogP contribution in [0, 0.1) is 6.92 Å². The lowest BCUT2D eigenvalue weighted by Crippen LogP contribution is -2.15. The molecule has 94 valence electrons. The van der Waals surface area contributed by atoms with Crippen molar-refractivity contribution in [2.24, 2.45) is 0 Å². The second-order valence-corrected chi connectivity index (χ2v) is 5.19. The average Bonchev–Trinajstić information content (AvgIpc) is 2.18. The Labute approximate surface area is 102 Å². The van der Waals surface area contributed by atoms with E-state index in [1.165, 1.54) is 0 Å². The van der Waals surface area contributed by atoms with Crippen LogP contribution in [0.2, 0.25) is 0 Å². The van der Waals surface area contributed by atoms with Gasteiger partial charge in [-0.2, -0.15) is 0 Å². The van der Waals surface area contributed by atoms with E-state index in [0.717, 1.165) is 16.9 Å². The minimum absolute atomic E-state index is 0.00935. The highest BCUT2D eigenvalue weighted by atomic mass is 16.5. The maximum atomic E-state index is 10.5. The lowest BCUT2D eigenvalue weighted by Gasteiger charge is -2.24. The zero-order chi connectivity index (χ0) is 13.1. The molecule has 17 heavy (non-hydrogen) atoms. The number of carbonyl (C=O) groups is 1. The van der Waals surface area contributed by atoms with E-state index in [1.54, 1.807) is 0 Å².